The van der Waals surface area contributed by atoms with Gasteiger partial charge in [0.25, 0.3) is 0 Å². The highest BCUT2D eigenvalue weighted by molar-refractivity contribution is 7.61. The lowest BCUT2D eigenvalue weighted by atomic mass is 9.82. The van der Waals surface area contributed by atoms with E-state index in [1.165, 1.54) is 69.4 Å². The Balaban J connectivity index is 1.77. The Kier molecular flexibility index (Phi) is 30.2. The van der Waals surface area contributed by atoms with Crippen molar-refractivity contribution in [2.75, 3.05) is 25.6 Å². The summed E-state index contributed by atoms with van der Waals surface area (Å²) in [5, 5.41) is 57.5. The van der Waals surface area contributed by atoms with E-state index in [4.69, 9.17) is 29.0 Å². The van der Waals surface area contributed by atoms with Crippen LogP contribution in [0.1, 0.15) is 181 Å². The molecule has 2 aliphatic heterocycles. The van der Waals surface area contributed by atoms with Gasteiger partial charge in [-0.2, -0.15) is 9.29 Å². The number of hydrogen-bond acceptors (Lipinski definition) is 18. The van der Waals surface area contributed by atoms with Gasteiger partial charge in [-0.25, -0.2) is 13.9 Å². The van der Waals surface area contributed by atoms with Crippen molar-refractivity contribution >= 4 is 33.4 Å². The lowest BCUT2D eigenvalue weighted by molar-refractivity contribution is -0.195. The molecule has 416 valence electrons. The van der Waals surface area contributed by atoms with Gasteiger partial charge in [0.1, 0.15) is 30.9 Å². The number of fused-ring (bicyclic) bond motifs is 3. The van der Waals surface area contributed by atoms with Crippen LogP contribution in [0.15, 0.2) is 29.2 Å². The first-order chi connectivity index (χ1) is 34.2. The number of aromatic nitrogens is 2. The number of phosphoric acid groups is 2. The summed E-state index contributed by atoms with van der Waals surface area (Å²) in [4.78, 5) is 64.2. The number of cyclic esters (lactones) is 1. The second kappa shape index (κ2) is 34.1. The van der Waals surface area contributed by atoms with E-state index in [0.717, 1.165) is 49.0 Å². The normalized spacial score (nSPS) is 30.5. The van der Waals surface area contributed by atoms with Gasteiger partial charge in [0.2, 0.25) is 0 Å². The molecule has 9 N–H and O–H groups in total. The fourth-order valence-electron chi connectivity index (χ4n) is 8.93. The molecule has 3 rings (SSSR count). The van der Waals surface area contributed by atoms with Gasteiger partial charge in [-0.1, -0.05) is 142 Å². The van der Waals surface area contributed by atoms with Crippen LogP contribution in [0.4, 0.5) is 5.82 Å². The summed E-state index contributed by atoms with van der Waals surface area (Å²) >= 11 is 0. The van der Waals surface area contributed by atoms with Gasteiger partial charge >= 0.3 is 33.3 Å². The average molecular weight is 1070 g/mol. The summed E-state index contributed by atoms with van der Waals surface area (Å²) in [7, 11) is -11.3. The minimum absolute atomic E-state index is 0.0907. The number of carbonyl (C=O) groups is 2. The zero-order valence-electron chi connectivity index (χ0n) is 42.7. The molecule has 0 spiro atoms. The molecule has 0 aromatic carbocycles. The van der Waals surface area contributed by atoms with Crippen molar-refractivity contribution in [1.82, 2.24) is 9.55 Å². The lowest BCUT2D eigenvalue weighted by Gasteiger charge is -2.41. The van der Waals surface area contributed by atoms with E-state index >= 15 is 0 Å². The predicted octanol–water partition coefficient (Wildman–Crippen LogP) is 7.07. The number of hydrogen-bond donors (Lipinski definition) is 8. The molecule has 21 nitrogen and oxygen atoms in total. The van der Waals surface area contributed by atoms with Crippen molar-refractivity contribution in [3.63, 3.8) is 0 Å². The van der Waals surface area contributed by atoms with Crippen molar-refractivity contribution in [2.45, 2.75) is 224 Å². The van der Waals surface area contributed by atoms with Crippen LogP contribution in [-0.4, -0.2) is 119 Å². The molecule has 2 unspecified atom stereocenters. The van der Waals surface area contributed by atoms with Crippen LogP contribution in [-0.2, 0) is 46.3 Å². The zero-order chi connectivity index (χ0) is 53.1. The number of carbonyl (C=O) groups excluding carboxylic acids is 2. The number of esters is 2. The maximum atomic E-state index is 13.4. The Morgan fingerprint density at radius 2 is 1.46 bits per heavy atom. The standard InChI is InChI=1S/C49H87N3O18P2/c1-4-5-17-23-36(53)27-28-38-40(54)31-41(55)39-24-19-15-16-21-26-45(57)68-37(32-65-44(56)25-20-14-12-10-8-6-7-9-11-13-18-22-35(2)3)33-66-71(61,62)70-72(63,64)67-34-42(47(59)46(38)58)69-48(39)52-30-29-43(50)51-49(52)60/h27-30,35-42,46-48,53-55,58-59H,4-26,31-34H2,1-3H3,(H,61,62)(H,63,64)(H2,50,51,60)/b28-27-/t36-,37+,38-,39-,40+,41-,42+,46-,47+,48+/m0/s1. The Hall–Kier alpha value is -2.62. The van der Waals surface area contributed by atoms with Gasteiger partial charge in [0, 0.05) is 37.3 Å². The largest absolute Gasteiger partial charge is 0.481 e. The van der Waals surface area contributed by atoms with Gasteiger partial charge in [-0.05, 0) is 37.7 Å². The fourth-order valence-corrected chi connectivity index (χ4v) is 11.0. The van der Waals surface area contributed by atoms with Crippen LogP contribution in [0, 0.1) is 17.8 Å². The number of nitrogen functional groups attached to an aromatic ring is 1. The SMILES string of the molecule is CCCCC[C@H](O)/C=C\[C@@H]1[C@H](O)[C@H](O)[C@H]2COP(=O)(O)OP(=O)(O)OC[C@@H](COC(=O)CCCCCCCCCCCCCC(C)C)OC(=O)CCCCCC[C@H]([C@H](n3ccc(N)nc3=O)O2)[C@@H](O)C[C@H]1O. The molecule has 3 heterocycles. The Labute approximate surface area is 425 Å². The number of nitrogens with zero attached hydrogens (tertiary/aromatic N) is 2. The second-order valence-corrected chi connectivity index (χ2v) is 22.9. The number of anilines is 1. The second-order valence-electron chi connectivity index (χ2n) is 19.8. The van der Waals surface area contributed by atoms with Crippen LogP contribution >= 0.6 is 15.6 Å². The van der Waals surface area contributed by atoms with E-state index in [9.17, 15) is 58.8 Å². The lowest BCUT2D eigenvalue weighted by Crippen LogP contribution is -2.52. The topological polar surface area (TPSA) is 326 Å². The van der Waals surface area contributed by atoms with Crippen molar-refractivity contribution in [3.05, 3.63) is 34.9 Å². The average Bonchev–Trinajstić information content (AvgIpc) is 3.30. The summed E-state index contributed by atoms with van der Waals surface area (Å²) in [6.45, 7) is 3.85. The Morgan fingerprint density at radius 1 is 0.847 bits per heavy atom. The summed E-state index contributed by atoms with van der Waals surface area (Å²) in [5.41, 5.74) is 4.81. The summed E-state index contributed by atoms with van der Waals surface area (Å²) in [6.07, 6.45) is 8.23. The van der Waals surface area contributed by atoms with Crippen LogP contribution in [0.5, 0.6) is 0 Å². The predicted molar refractivity (Wildman–Crippen MR) is 268 cm³/mol. The molecule has 0 radical (unpaired) electrons. The van der Waals surface area contributed by atoms with E-state index < -0.39 is 120 Å². The molecule has 12 atom stereocenters. The third-order valence-corrected chi connectivity index (χ3v) is 15.7. The summed E-state index contributed by atoms with van der Waals surface area (Å²) in [5.74, 6) is -3.21. The Bertz CT molecular complexity index is 1890. The molecule has 2 saturated heterocycles. The van der Waals surface area contributed by atoms with Gasteiger partial charge in [0.15, 0.2) is 6.10 Å². The van der Waals surface area contributed by atoms with E-state index in [-0.39, 0.29) is 25.1 Å². The third-order valence-electron chi connectivity index (χ3n) is 13.1. The number of ether oxygens (including phenoxy) is 3. The van der Waals surface area contributed by atoms with Crippen LogP contribution in [0.3, 0.4) is 0 Å². The number of phosphoric ester groups is 2. The number of aliphatic hydroxyl groups is 5. The fraction of sp³-hybridized carbons (Fsp3) is 0.837. The van der Waals surface area contributed by atoms with Crippen molar-refractivity contribution in [1.29, 1.82) is 0 Å². The van der Waals surface area contributed by atoms with Gasteiger partial charge in [-0.15, -0.1) is 0 Å². The highest BCUT2D eigenvalue weighted by Gasteiger charge is 2.45. The molecule has 72 heavy (non-hydrogen) atoms. The maximum absolute atomic E-state index is 13.4. The maximum Gasteiger partial charge on any atom is 0.481 e. The van der Waals surface area contributed by atoms with E-state index in [2.05, 4.69) is 23.1 Å². The van der Waals surface area contributed by atoms with Crippen LogP contribution in [0.25, 0.3) is 0 Å². The van der Waals surface area contributed by atoms with E-state index in [0.29, 0.717) is 44.9 Å². The summed E-state index contributed by atoms with van der Waals surface area (Å²) < 4.78 is 59.1. The molecule has 2 fully saturated rings. The number of nitrogens with two attached hydrogens (primary N) is 1. The number of rotatable bonds is 23. The van der Waals surface area contributed by atoms with Crippen LogP contribution < -0.4 is 11.4 Å². The number of aliphatic hydroxyl groups excluding tert-OH is 5. The third kappa shape index (κ3) is 25.3. The van der Waals surface area contributed by atoms with E-state index in [1.54, 1.807) is 0 Å². The molecule has 1 aromatic heterocycles. The molecular formula is C49H87N3O18P2. The first-order valence-corrected chi connectivity index (χ1v) is 29.3. The quantitative estimate of drug-likeness (QED) is 0.0235. The minimum Gasteiger partial charge on any atom is -0.462 e. The molecule has 1 aromatic rings. The van der Waals surface area contributed by atoms with Crippen LogP contribution in [0.2, 0.25) is 0 Å². The molecule has 0 aliphatic carbocycles. The number of unbranched alkanes of at least 4 members (excludes halogenated alkanes) is 12. The molecule has 0 saturated carbocycles. The first-order valence-electron chi connectivity index (χ1n) is 26.3. The Morgan fingerprint density at radius 3 is 2.10 bits per heavy atom. The van der Waals surface area contributed by atoms with Gasteiger partial charge in [0.05, 0.1) is 37.6 Å². The van der Waals surface area contributed by atoms with Crippen molar-refractivity contribution < 1.29 is 81.6 Å². The molecule has 23 heteroatoms. The molecule has 0 amide bonds. The first kappa shape index (κ1) is 63.7. The summed E-state index contributed by atoms with van der Waals surface area (Å²) in [6, 6.07) is 1.26. The van der Waals surface area contributed by atoms with Gasteiger partial charge < -0.3 is 55.3 Å². The zero-order valence-corrected chi connectivity index (χ0v) is 44.5. The van der Waals surface area contributed by atoms with Crippen molar-refractivity contribution in [3.8, 4) is 0 Å². The smallest absolute Gasteiger partial charge is 0.462 e. The van der Waals surface area contributed by atoms with E-state index in [1.807, 2.05) is 6.92 Å². The highest BCUT2D eigenvalue weighted by Crippen LogP contribution is 2.60. The molecular weight excluding hydrogens is 980 g/mol. The molecule has 2 aliphatic rings. The highest BCUT2D eigenvalue weighted by atomic mass is 31.3. The van der Waals surface area contributed by atoms with Gasteiger partial charge in [-0.3, -0.25) is 23.2 Å². The van der Waals surface area contributed by atoms with Crippen molar-refractivity contribution in [2.24, 2.45) is 17.8 Å². The minimum atomic E-state index is -5.69. The monoisotopic (exact) mass is 1070 g/mol. The molecule has 2 bridgehead atoms.